The van der Waals surface area contributed by atoms with Gasteiger partial charge in [-0.05, 0) is 74.1 Å². The number of pyridine rings is 1. The van der Waals surface area contributed by atoms with Gasteiger partial charge in [-0.15, -0.1) is 11.3 Å². The lowest BCUT2D eigenvalue weighted by molar-refractivity contribution is -0.137. The summed E-state index contributed by atoms with van der Waals surface area (Å²) in [6, 6.07) is 15.8. The van der Waals surface area contributed by atoms with Crippen molar-refractivity contribution >= 4 is 45.1 Å². The summed E-state index contributed by atoms with van der Waals surface area (Å²) in [5.74, 6) is -1.05. The van der Waals surface area contributed by atoms with Gasteiger partial charge in [-0.2, -0.15) is 0 Å². The number of rotatable bonds is 6. The molecule has 0 spiro atoms. The molecule has 5 aromatic rings. The van der Waals surface area contributed by atoms with Crippen molar-refractivity contribution in [3.05, 3.63) is 70.4 Å². The Morgan fingerprint density at radius 1 is 1.02 bits per heavy atom. The van der Waals surface area contributed by atoms with Gasteiger partial charge in [-0.3, -0.25) is 4.79 Å². The Morgan fingerprint density at radius 3 is 2.52 bits per heavy atom. The summed E-state index contributed by atoms with van der Waals surface area (Å²) in [7, 11) is 1.35. The Bertz CT molecular complexity index is 1780. The fourth-order valence-corrected chi connectivity index (χ4v) is 7.09. The summed E-state index contributed by atoms with van der Waals surface area (Å²) >= 11 is 1.64. The fourth-order valence-electron chi connectivity index (χ4n) is 6.20. The van der Waals surface area contributed by atoms with Crippen LogP contribution in [0, 0.1) is 13.8 Å². The van der Waals surface area contributed by atoms with Crippen LogP contribution in [0.3, 0.4) is 0 Å². The average Bonchev–Trinajstić information content (AvgIpc) is 3.47. The average molecular weight is 554 g/mol. The van der Waals surface area contributed by atoms with Gasteiger partial charge >= 0.3 is 11.9 Å². The van der Waals surface area contributed by atoms with E-state index in [-0.39, 0.29) is 6.54 Å². The highest BCUT2D eigenvalue weighted by molar-refractivity contribution is 7.15. The van der Waals surface area contributed by atoms with Gasteiger partial charge in [0.1, 0.15) is 6.54 Å². The first-order chi connectivity index (χ1) is 19.3. The minimum atomic E-state index is -0.931. The van der Waals surface area contributed by atoms with E-state index in [2.05, 4.69) is 17.1 Å². The minimum absolute atomic E-state index is 0.206. The van der Waals surface area contributed by atoms with Gasteiger partial charge in [-0.25, -0.2) is 14.8 Å². The van der Waals surface area contributed by atoms with E-state index < -0.39 is 11.9 Å². The van der Waals surface area contributed by atoms with Crippen LogP contribution in [-0.2, 0) is 16.1 Å². The van der Waals surface area contributed by atoms with Gasteiger partial charge in [0.05, 0.1) is 50.7 Å². The largest absolute Gasteiger partial charge is 0.480 e. The Morgan fingerprint density at radius 2 is 1.82 bits per heavy atom. The van der Waals surface area contributed by atoms with E-state index >= 15 is 0 Å². The number of methoxy groups -OCH3 is 1. The number of esters is 1. The third kappa shape index (κ3) is 4.66. The highest BCUT2D eigenvalue weighted by atomic mass is 32.1. The van der Waals surface area contributed by atoms with Crippen molar-refractivity contribution in [2.24, 2.45) is 0 Å². The second-order valence-electron chi connectivity index (χ2n) is 10.6. The van der Waals surface area contributed by atoms with Crippen molar-refractivity contribution in [1.82, 2.24) is 14.5 Å². The number of aliphatic carboxylic acids is 1. The summed E-state index contributed by atoms with van der Waals surface area (Å²) in [6.45, 7) is 3.80. The zero-order valence-corrected chi connectivity index (χ0v) is 23.7. The van der Waals surface area contributed by atoms with Crippen LogP contribution in [0.15, 0.2) is 48.5 Å². The lowest BCUT2D eigenvalue weighted by atomic mass is 9.81. The molecule has 3 aromatic heterocycles. The van der Waals surface area contributed by atoms with E-state index in [4.69, 9.17) is 9.72 Å². The van der Waals surface area contributed by atoms with Gasteiger partial charge in [0, 0.05) is 10.8 Å². The molecule has 3 heterocycles. The normalized spacial score (nSPS) is 14.2. The van der Waals surface area contributed by atoms with Crippen LogP contribution in [0.25, 0.3) is 43.6 Å². The molecule has 1 aliphatic rings. The minimum Gasteiger partial charge on any atom is -0.480 e. The molecule has 1 N–H and O–H groups in total. The third-order valence-electron chi connectivity index (χ3n) is 7.93. The number of thiazole rings is 1. The van der Waals surface area contributed by atoms with Crippen LogP contribution in [0.1, 0.15) is 64.6 Å². The van der Waals surface area contributed by atoms with Gasteiger partial charge in [0.25, 0.3) is 0 Å². The molecule has 0 amide bonds. The van der Waals surface area contributed by atoms with Crippen LogP contribution < -0.4 is 0 Å². The molecule has 1 saturated carbocycles. The van der Waals surface area contributed by atoms with E-state index in [9.17, 15) is 14.7 Å². The molecule has 1 fully saturated rings. The SMILES string of the molecule is COC(=O)c1ccc2c(C3CCCCC3)c(-c3ccc4nc(-c5sc(C)nc5C)ccc4c3)n(CC(=O)O)c2c1. The number of fused-ring (bicyclic) bond motifs is 2. The molecule has 0 bridgehead atoms. The van der Waals surface area contributed by atoms with Crippen molar-refractivity contribution in [3.8, 4) is 21.8 Å². The summed E-state index contributed by atoms with van der Waals surface area (Å²) < 4.78 is 6.83. The number of benzene rings is 2. The van der Waals surface area contributed by atoms with E-state index in [1.54, 1.807) is 23.5 Å². The van der Waals surface area contributed by atoms with Gasteiger partial charge in [-0.1, -0.05) is 37.5 Å². The second kappa shape index (κ2) is 10.5. The van der Waals surface area contributed by atoms with Gasteiger partial charge in [0.2, 0.25) is 0 Å². The number of nitrogens with zero attached hydrogens (tertiary/aromatic N) is 3. The predicted molar refractivity (Wildman–Crippen MR) is 158 cm³/mol. The van der Waals surface area contributed by atoms with Crippen LogP contribution in [0.5, 0.6) is 0 Å². The molecule has 0 unspecified atom stereocenters. The van der Waals surface area contributed by atoms with Crippen molar-refractivity contribution in [2.45, 2.75) is 58.4 Å². The first-order valence-corrected chi connectivity index (χ1v) is 14.5. The summed E-state index contributed by atoms with van der Waals surface area (Å²) in [5.41, 5.74) is 6.94. The smallest absolute Gasteiger partial charge is 0.337 e. The standard InChI is InChI=1S/C32H31N3O4S/c1-18-31(40-19(2)33-18)26-14-10-21-15-22(11-13-25(21)34-26)30-29(20-7-5-4-6-8-20)24-12-9-23(32(38)39-3)16-27(24)35(30)17-28(36)37/h9-16,20H,4-8,17H2,1-3H3,(H,36,37). The molecule has 40 heavy (non-hydrogen) atoms. The van der Waals surface area contributed by atoms with Crippen molar-refractivity contribution < 1.29 is 19.4 Å². The highest BCUT2D eigenvalue weighted by Gasteiger charge is 2.28. The number of hydrogen-bond donors (Lipinski definition) is 1. The molecule has 8 heteroatoms. The number of carbonyl (C=O) groups excluding carboxylic acids is 1. The molecule has 0 aliphatic heterocycles. The molecule has 204 valence electrons. The van der Waals surface area contributed by atoms with Gasteiger partial charge < -0.3 is 14.4 Å². The van der Waals surface area contributed by atoms with Crippen LogP contribution >= 0.6 is 11.3 Å². The van der Waals surface area contributed by atoms with E-state index in [1.807, 2.05) is 42.7 Å². The molecular weight excluding hydrogens is 522 g/mol. The first kappa shape index (κ1) is 26.2. The molecule has 6 rings (SSSR count). The maximum absolute atomic E-state index is 12.4. The third-order valence-corrected chi connectivity index (χ3v) is 9.03. The molecule has 0 atom stereocenters. The van der Waals surface area contributed by atoms with Crippen molar-refractivity contribution in [1.29, 1.82) is 0 Å². The zero-order chi connectivity index (χ0) is 28.0. The first-order valence-electron chi connectivity index (χ1n) is 13.7. The predicted octanol–water partition coefficient (Wildman–Crippen LogP) is 7.52. The molecule has 0 radical (unpaired) electrons. The molecule has 7 nitrogen and oxygen atoms in total. The Labute approximate surface area is 236 Å². The second-order valence-corrected chi connectivity index (χ2v) is 11.8. The zero-order valence-electron chi connectivity index (χ0n) is 22.9. The lowest BCUT2D eigenvalue weighted by Gasteiger charge is -2.23. The van der Waals surface area contributed by atoms with Gasteiger partial charge in [0.15, 0.2) is 0 Å². The quantitative estimate of drug-likeness (QED) is 0.219. The monoisotopic (exact) mass is 553 g/mol. The maximum Gasteiger partial charge on any atom is 0.337 e. The fraction of sp³-hybridized carbons (Fsp3) is 0.312. The highest BCUT2D eigenvalue weighted by Crippen LogP contribution is 2.45. The molecule has 1 aliphatic carbocycles. The number of hydrogen-bond acceptors (Lipinski definition) is 6. The molecule has 2 aromatic carbocycles. The lowest BCUT2D eigenvalue weighted by Crippen LogP contribution is -2.12. The topological polar surface area (TPSA) is 94.3 Å². The van der Waals surface area contributed by atoms with E-state index in [0.717, 1.165) is 80.0 Å². The number of aromatic nitrogens is 3. The summed E-state index contributed by atoms with van der Waals surface area (Å²) in [5, 5.41) is 12.9. The maximum atomic E-state index is 12.4. The summed E-state index contributed by atoms with van der Waals surface area (Å²) in [4.78, 5) is 35.1. The Balaban J connectivity index is 1.57. The Hall–Kier alpha value is -4.04. The number of ether oxygens (including phenoxy) is 1. The van der Waals surface area contributed by atoms with E-state index in [0.29, 0.717) is 11.5 Å². The van der Waals surface area contributed by atoms with Crippen molar-refractivity contribution in [2.75, 3.05) is 7.11 Å². The molecule has 0 saturated heterocycles. The Kier molecular flexibility index (Phi) is 6.88. The number of carbonyl (C=O) groups is 2. The molecular formula is C32H31N3O4S. The summed E-state index contributed by atoms with van der Waals surface area (Å²) in [6.07, 6.45) is 5.64. The van der Waals surface area contributed by atoms with Crippen LogP contribution in [-0.4, -0.2) is 38.7 Å². The van der Waals surface area contributed by atoms with Crippen molar-refractivity contribution in [3.63, 3.8) is 0 Å². The van der Waals surface area contributed by atoms with Crippen LogP contribution in [0.2, 0.25) is 0 Å². The van der Waals surface area contributed by atoms with E-state index in [1.165, 1.54) is 19.1 Å². The number of carboxylic acid groups (broad SMARTS) is 1. The number of carboxylic acids is 1. The number of aryl methyl sites for hydroxylation is 2. The van der Waals surface area contributed by atoms with Crippen LogP contribution in [0.4, 0.5) is 0 Å².